The Morgan fingerprint density at radius 3 is 2.67 bits per heavy atom. The summed E-state index contributed by atoms with van der Waals surface area (Å²) in [6.45, 7) is 2.31. The van der Waals surface area contributed by atoms with E-state index in [1.807, 2.05) is 0 Å². The molecule has 1 fully saturated rings. The van der Waals surface area contributed by atoms with Crippen LogP contribution in [-0.2, 0) is 0 Å². The summed E-state index contributed by atoms with van der Waals surface area (Å²) in [4.78, 5) is 0. The van der Waals surface area contributed by atoms with E-state index in [0.29, 0.717) is 0 Å². The molecule has 1 heteroatoms. The Morgan fingerprint density at radius 2 is 2.50 bits per heavy atom. The summed E-state index contributed by atoms with van der Waals surface area (Å²) in [5, 5.41) is 0. The highest BCUT2D eigenvalue weighted by Gasteiger charge is 2.20. The summed E-state index contributed by atoms with van der Waals surface area (Å²) in [5.41, 5.74) is 0. The van der Waals surface area contributed by atoms with Gasteiger partial charge in [-0.2, -0.15) is 0 Å². The lowest BCUT2D eigenvalue weighted by molar-refractivity contribution is -0.637. The molecule has 1 unspecified atom stereocenters. The van der Waals surface area contributed by atoms with Crippen molar-refractivity contribution in [2.75, 3.05) is 11.8 Å². The van der Waals surface area contributed by atoms with E-state index in [1.54, 1.807) is 0 Å². The van der Waals surface area contributed by atoms with E-state index < -0.39 is 0 Å². The first-order chi connectivity index (χ1) is 2.89. The number of hydrogen-bond acceptors (Lipinski definition) is 0. The van der Waals surface area contributed by atoms with Crippen LogP contribution in [0.1, 0.15) is 13.3 Å². The van der Waals surface area contributed by atoms with Crippen LogP contribution in [0, 0.1) is 16.7 Å². The smallest absolute Gasteiger partial charge is 0.0571 e. The highest BCUT2D eigenvalue weighted by atomic mass is 35.5. The fourth-order valence-corrected chi connectivity index (χ4v) is 1.81. The summed E-state index contributed by atoms with van der Waals surface area (Å²) in [5.74, 6) is 3.68. The standard InChI is InChI=1S/C5H10Cl/c1-5-2-3-6-4-5/h5H,2-4H2,1H3/q+1. The molecule has 1 aliphatic heterocycles. The molecule has 0 bridgehead atoms. The molecule has 0 radical (unpaired) electrons. The third-order valence-electron chi connectivity index (χ3n) is 1.11. The van der Waals surface area contributed by atoms with Crippen molar-refractivity contribution < 1.29 is 10.8 Å². The molecule has 0 aromatic heterocycles. The molecule has 1 aliphatic rings. The second-order valence-electron chi connectivity index (χ2n) is 1.93. The lowest BCUT2D eigenvalue weighted by Gasteiger charge is -1.82. The highest BCUT2D eigenvalue weighted by Crippen LogP contribution is 2.09. The van der Waals surface area contributed by atoms with Gasteiger partial charge in [-0.25, -0.2) is 0 Å². The van der Waals surface area contributed by atoms with Crippen LogP contribution >= 0.6 is 0 Å². The quantitative estimate of drug-likeness (QED) is 0.405. The van der Waals surface area contributed by atoms with Gasteiger partial charge < -0.3 is 0 Å². The Labute approximate surface area is 42.7 Å². The number of hydrogen-bond donors (Lipinski definition) is 0. The van der Waals surface area contributed by atoms with Gasteiger partial charge in [-0.05, 0) is 0 Å². The minimum Gasteiger partial charge on any atom is -0.0571 e. The maximum absolute atomic E-state index is 2.48. The SMILES string of the molecule is CC1CC[Cl+]C1. The van der Waals surface area contributed by atoms with Crippen LogP contribution in [0.15, 0.2) is 0 Å². The maximum Gasteiger partial charge on any atom is 0.175 e. The van der Waals surface area contributed by atoms with Gasteiger partial charge in [0, 0.05) is 12.3 Å². The van der Waals surface area contributed by atoms with Crippen molar-refractivity contribution >= 4 is 0 Å². The van der Waals surface area contributed by atoms with Gasteiger partial charge in [0.1, 0.15) is 10.8 Å². The molecule has 0 amide bonds. The van der Waals surface area contributed by atoms with E-state index in [4.69, 9.17) is 0 Å². The van der Waals surface area contributed by atoms with Crippen molar-refractivity contribution in [1.29, 1.82) is 0 Å². The lowest BCUT2D eigenvalue weighted by Crippen LogP contribution is -1.87. The number of halogens is 1. The molecule has 1 atom stereocenters. The van der Waals surface area contributed by atoms with Gasteiger partial charge in [0.15, 0.2) is 11.8 Å². The van der Waals surface area contributed by atoms with Crippen molar-refractivity contribution in [3.8, 4) is 0 Å². The fraction of sp³-hybridized carbons (Fsp3) is 1.00. The summed E-state index contributed by atoms with van der Waals surface area (Å²) < 4.78 is 0. The van der Waals surface area contributed by atoms with Crippen LogP contribution < -0.4 is 0 Å². The van der Waals surface area contributed by atoms with Crippen molar-refractivity contribution in [1.82, 2.24) is 0 Å². The first-order valence-electron chi connectivity index (χ1n) is 2.43. The highest BCUT2D eigenvalue weighted by molar-refractivity contribution is 4.51. The molecule has 0 aromatic rings. The van der Waals surface area contributed by atoms with Gasteiger partial charge in [-0.15, -0.1) is 0 Å². The van der Waals surface area contributed by atoms with E-state index in [9.17, 15) is 0 Å². The summed E-state index contributed by atoms with van der Waals surface area (Å²) in [6, 6.07) is 0. The molecule has 0 aromatic carbocycles. The van der Waals surface area contributed by atoms with Crippen molar-refractivity contribution in [3.63, 3.8) is 0 Å². The normalized spacial score (nSPS) is 34.5. The molecule has 6 heavy (non-hydrogen) atoms. The molecule has 0 saturated carbocycles. The van der Waals surface area contributed by atoms with Gasteiger partial charge >= 0.3 is 0 Å². The zero-order valence-corrected chi connectivity index (χ0v) is 4.83. The van der Waals surface area contributed by atoms with Crippen LogP contribution in [0.25, 0.3) is 0 Å². The predicted octanol–water partition coefficient (Wildman–Crippen LogP) is 1.11. The molecule has 1 rings (SSSR count). The largest absolute Gasteiger partial charge is 0.175 e. The second-order valence-corrected chi connectivity index (χ2v) is 2.99. The van der Waals surface area contributed by atoms with E-state index in [2.05, 4.69) is 17.7 Å². The fourth-order valence-electron chi connectivity index (χ4n) is 0.604. The third-order valence-corrected chi connectivity index (χ3v) is 2.34. The second kappa shape index (κ2) is 1.83. The van der Waals surface area contributed by atoms with Gasteiger partial charge in [0.05, 0.1) is 0 Å². The molecule has 1 saturated heterocycles. The Bertz CT molecular complexity index is 37.2. The Kier molecular flexibility index (Phi) is 1.36. The van der Waals surface area contributed by atoms with Crippen LogP contribution in [0.4, 0.5) is 0 Å². The first kappa shape index (κ1) is 4.45. The molecular weight excluding hydrogens is 95.5 g/mol. The van der Waals surface area contributed by atoms with Crippen molar-refractivity contribution in [2.24, 2.45) is 5.92 Å². The Balaban J connectivity index is 2.18. The summed E-state index contributed by atoms with van der Waals surface area (Å²) >= 11 is 0. The number of rotatable bonds is 0. The predicted molar refractivity (Wildman–Crippen MR) is 23.5 cm³/mol. The molecule has 36 valence electrons. The van der Waals surface area contributed by atoms with Crippen LogP contribution in [-0.4, -0.2) is 11.8 Å². The average molecular weight is 106 g/mol. The monoisotopic (exact) mass is 105 g/mol. The van der Waals surface area contributed by atoms with E-state index in [1.165, 1.54) is 18.2 Å². The molecule has 1 heterocycles. The van der Waals surface area contributed by atoms with Crippen molar-refractivity contribution in [3.05, 3.63) is 0 Å². The van der Waals surface area contributed by atoms with Crippen LogP contribution in [0.2, 0.25) is 0 Å². The van der Waals surface area contributed by atoms with Gasteiger partial charge in [0.2, 0.25) is 0 Å². The van der Waals surface area contributed by atoms with Gasteiger partial charge in [-0.1, -0.05) is 6.92 Å². The van der Waals surface area contributed by atoms with E-state index in [-0.39, 0.29) is 0 Å². The maximum atomic E-state index is 2.48. The average Bonchev–Trinajstić information content (AvgIpc) is 1.86. The minimum atomic E-state index is 0.985. The van der Waals surface area contributed by atoms with E-state index in [0.717, 1.165) is 5.92 Å². The molecular formula is C5H10Cl+. The van der Waals surface area contributed by atoms with Crippen molar-refractivity contribution in [2.45, 2.75) is 13.3 Å². The third kappa shape index (κ3) is 0.874. The lowest BCUT2D eigenvalue weighted by atomic mass is 10.2. The first-order valence-corrected chi connectivity index (χ1v) is 3.50. The van der Waals surface area contributed by atoms with E-state index >= 15 is 0 Å². The summed E-state index contributed by atoms with van der Waals surface area (Å²) in [7, 11) is 2.48. The van der Waals surface area contributed by atoms with Crippen LogP contribution in [0.5, 0.6) is 0 Å². The summed E-state index contributed by atoms with van der Waals surface area (Å²) in [6.07, 6.45) is 1.42. The molecule has 0 N–H and O–H groups in total. The van der Waals surface area contributed by atoms with Gasteiger partial charge in [0.25, 0.3) is 0 Å². The Hall–Kier alpha value is 0.290. The minimum absolute atomic E-state index is 0.985. The molecule has 0 spiro atoms. The van der Waals surface area contributed by atoms with Crippen LogP contribution in [0.3, 0.4) is 0 Å². The molecule has 0 nitrogen and oxygen atoms in total. The Morgan fingerprint density at radius 1 is 1.67 bits per heavy atom. The zero-order chi connectivity index (χ0) is 4.41. The zero-order valence-electron chi connectivity index (χ0n) is 4.08. The number of alkyl halides is 2. The van der Waals surface area contributed by atoms with Gasteiger partial charge in [-0.3, -0.25) is 0 Å². The molecule has 0 aliphatic carbocycles. The topological polar surface area (TPSA) is 0 Å².